The van der Waals surface area contributed by atoms with Gasteiger partial charge in [-0.25, -0.2) is 9.98 Å². The van der Waals surface area contributed by atoms with Gasteiger partial charge in [-0.15, -0.1) is 35.3 Å². The molecule has 0 aliphatic carbocycles. The summed E-state index contributed by atoms with van der Waals surface area (Å²) in [5.41, 5.74) is 2.73. The van der Waals surface area contributed by atoms with Crippen molar-refractivity contribution in [2.75, 3.05) is 13.1 Å². The molecule has 0 aliphatic heterocycles. The van der Waals surface area contributed by atoms with Gasteiger partial charge in [-0.3, -0.25) is 4.79 Å². The summed E-state index contributed by atoms with van der Waals surface area (Å²) in [6, 6.07) is 7.61. The molecule has 1 amide bonds. The molecule has 0 bridgehead atoms. The quantitative estimate of drug-likeness (QED) is 0.284. The molecule has 6 nitrogen and oxygen atoms in total. The SMILES string of the molecule is CCCNC(=O)c1cccc(CN=C(NCC)NCc2sc(C)nc2C)c1.I. The summed E-state index contributed by atoms with van der Waals surface area (Å²) in [4.78, 5) is 22.4. The van der Waals surface area contributed by atoms with Crippen LogP contribution >= 0.6 is 35.3 Å². The highest BCUT2D eigenvalue weighted by Gasteiger charge is 2.07. The van der Waals surface area contributed by atoms with E-state index in [1.54, 1.807) is 11.3 Å². The van der Waals surface area contributed by atoms with Crippen LogP contribution in [0.1, 0.15) is 51.8 Å². The summed E-state index contributed by atoms with van der Waals surface area (Å²) in [6.07, 6.45) is 0.923. The van der Waals surface area contributed by atoms with Crippen molar-refractivity contribution >= 4 is 47.2 Å². The maximum Gasteiger partial charge on any atom is 0.251 e. The Balaban J connectivity index is 0.00000392. The first-order chi connectivity index (χ1) is 13.0. The first-order valence-corrected chi connectivity index (χ1v) is 10.2. The zero-order valence-corrected chi connectivity index (χ0v) is 20.1. The van der Waals surface area contributed by atoms with Crippen molar-refractivity contribution in [3.8, 4) is 0 Å². The van der Waals surface area contributed by atoms with Crippen LogP contribution in [0.4, 0.5) is 0 Å². The van der Waals surface area contributed by atoms with E-state index in [1.165, 1.54) is 4.88 Å². The number of halogens is 1. The van der Waals surface area contributed by atoms with Gasteiger partial charge < -0.3 is 16.0 Å². The third kappa shape index (κ3) is 7.75. The van der Waals surface area contributed by atoms with E-state index in [0.29, 0.717) is 25.2 Å². The van der Waals surface area contributed by atoms with E-state index in [4.69, 9.17) is 0 Å². The van der Waals surface area contributed by atoms with E-state index in [0.717, 1.165) is 35.2 Å². The number of benzene rings is 1. The molecule has 0 unspecified atom stereocenters. The number of hydrogen-bond acceptors (Lipinski definition) is 4. The highest BCUT2D eigenvalue weighted by Crippen LogP contribution is 2.16. The Bertz CT molecular complexity index is 791. The monoisotopic (exact) mass is 515 g/mol. The van der Waals surface area contributed by atoms with Crippen LogP contribution in [0.2, 0.25) is 0 Å². The van der Waals surface area contributed by atoms with Gasteiger partial charge in [0, 0.05) is 23.5 Å². The average molecular weight is 515 g/mol. The van der Waals surface area contributed by atoms with E-state index >= 15 is 0 Å². The molecule has 0 fully saturated rings. The van der Waals surface area contributed by atoms with Gasteiger partial charge >= 0.3 is 0 Å². The van der Waals surface area contributed by atoms with Crippen LogP contribution in [0, 0.1) is 13.8 Å². The van der Waals surface area contributed by atoms with Gasteiger partial charge in [0.1, 0.15) is 0 Å². The molecule has 154 valence electrons. The molecule has 0 saturated heterocycles. The van der Waals surface area contributed by atoms with Gasteiger partial charge in [-0.05, 0) is 44.9 Å². The van der Waals surface area contributed by atoms with Crippen molar-refractivity contribution in [2.24, 2.45) is 4.99 Å². The van der Waals surface area contributed by atoms with Crippen LogP contribution in [0.25, 0.3) is 0 Å². The normalized spacial score (nSPS) is 10.9. The lowest BCUT2D eigenvalue weighted by atomic mass is 10.1. The van der Waals surface area contributed by atoms with Crippen LogP contribution in [-0.4, -0.2) is 29.9 Å². The molecule has 1 aromatic heterocycles. The second kappa shape index (κ2) is 12.7. The smallest absolute Gasteiger partial charge is 0.251 e. The van der Waals surface area contributed by atoms with E-state index < -0.39 is 0 Å². The fourth-order valence-corrected chi connectivity index (χ4v) is 3.44. The van der Waals surface area contributed by atoms with E-state index in [2.05, 4.69) is 25.9 Å². The lowest BCUT2D eigenvalue weighted by Crippen LogP contribution is -2.36. The first kappa shape index (κ1) is 24.4. The van der Waals surface area contributed by atoms with Crippen LogP contribution in [0.5, 0.6) is 0 Å². The Morgan fingerprint density at radius 1 is 1.18 bits per heavy atom. The van der Waals surface area contributed by atoms with Crippen LogP contribution in [0.3, 0.4) is 0 Å². The molecule has 0 atom stereocenters. The molecule has 2 rings (SSSR count). The van der Waals surface area contributed by atoms with Crippen molar-refractivity contribution in [3.63, 3.8) is 0 Å². The van der Waals surface area contributed by atoms with Crippen LogP contribution in [0.15, 0.2) is 29.3 Å². The maximum atomic E-state index is 12.1. The number of hydrogen-bond donors (Lipinski definition) is 3. The number of nitrogens with one attached hydrogen (secondary N) is 3. The minimum Gasteiger partial charge on any atom is -0.357 e. The lowest BCUT2D eigenvalue weighted by Gasteiger charge is -2.11. The molecular formula is C20H30IN5OS. The van der Waals surface area contributed by atoms with E-state index in [9.17, 15) is 4.79 Å². The Morgan fingerprint density at radius 2 is 1.96 bits per heavy atom. The molecule has 1 aromatic carbocycles. The largest absolute Gasteiger partial charge is 0.357 e. The van der Waals surface area contributed by atoms with Crippen LogP contribution < -0.4 is 16.0 Å². The number of aryl methyl sites for hydroxylation is 2. The summed E-state index contributed by atoms with van der Waals surface area (Å²) in [5, 5.41) is 10.6. The Hall–Kier alpha value is -1.68. The standard InChI is InChI=1S/C20H29N5OS.HI/c1-5-10-22-19(26)17-9-7-8-16(11-17)12-23-20(21-6-2)24-13-18-14(3)25-15(4)27-18;/h7-9,11H,5-6,10,12-13H2,1-4H3,(H,22,26)(H2,21,23,24);1H. The van der Waals surface area contributed by atoms with E-state index in [-0.39, 0.29) is 29.9 Å². The zero-order valence-electron chi connectivity index (χ0n) is 17.0. The molecule has 8 heteroatoms. The topological polar surface area (TPSA) is 78.4 Å². The number of aromatic nitrogens is 1. The molecule has 0 aliphatic rings. The second-order valence-electron chi connectivity index (χ2n) is 6.25. The van der Waals surface area contributed by atoms with Gasteiger partial charge in [-0.2, -0.15) is 0 Å². The van der Waals surface area contributed by atoms with Gasteiger partial charge in [0.25, 0.3) is 5.91 Å². The fourth-order valence-electron chi connectivity index (χ4n) is 2.57. The fraction of sp³-hybridized carbons (Fsp3) is 0.450. The summed E-state index contributed by atoms with van der Waals surface area (Å²) >= 11 is 1.70. The minimum atomic E-state index is -0.0382. The molecule has 0 spiro atoms. The number of thiazole rings is 1. The molecule has 0 radical (unpaired) electrons. The summed E-state index contributed by atoms with van der Waals surface area (Å²) in [7, 11) is 0. The number of carbonyl (C=O) groups is 1. The summed E-state index contributed by atoms with van der Waals surface area (Å²) in [5.74, 6) is 0.715. The van der Waals surface area contributed by atoms with Gasteiger partial charge in [0.05, 0.1) is 23.8 Å². The van der Waals surface area contributed by atoms with E-state index in [1.807, 2.05) is 52.0 Å². The Kier molecular flexibility index (Phi) is 11.1. The summed E-state index contributed by atoms with van der Waals surface area (Å²) < 4.78 is 0. The highest BCUT2D eigenvalue weighted by molar-refractivity contribution is 14.0. The number of amides is 1. The number of carbonyl (C=O) groups excluding carboxylic acids is 1. The molecule has 2 aromatic rings. The Morgan fingerprint density at radius 3 is 2.61 bits per heavy atom. The minimum absolute atomic E-state index is 0. The van der Waals surface area contributed by atoms with Crippen molar-refractivity contribution < 1.29 is 4.79 Å². The first-order valence-electron chi connectivity index (χ1n) is 9.35. The predicted molar refractivity (Wildman–Crippen MR) is 128 cm³/mol. The number of nitrogens with zero attached hydrogens (tertiary/aromatic N) is 2. The number of guanidine groups is 1. The molecule has 1 heterocycles. The van der Waals surface area contributed by atoms with Gasteiger partial charge in [0.2, 0.25) is 0 Å². The van der Waals surface area contributed by atoms with Crippen molar-refractivity contribution in [1.29, 1.82) is 0 Å². The lowest BCUT2D eigenvalue weighted by molar-refractivity contribution is 0.0953. The Labute approximate surface area is 188 Å². The van der Waals surface area contributed by atoms with Crippen molar-refractivity contribution in [2.45, 2.75) is 47.2 Å². The number of rotatable bonds is 8. The van der Waals surface area contributed by atoms with Crippen LogP contribution in [-0.2, 0) is 13.1 Å². The average Bonchev–Trinajstić information content (AvgIpc) is 2.99. The third-order valence-electron chi connectivity index (χ3n) is 3.90. The summed E-state index contributed by atoms with van der Waals surface area (Å²) in [6.45, 7) is 10.8. The second-order valence-corrected chi connectivity index (χ2v) is 7.53. The molecular weight excluding hydrogens is 485 g/mol. The number of aliphatic imine (C=N–C) groups is 1. The van der Waals surface area contributed by atoms with Gasteiger partial charge in [0.15, 0.2) is 5.96 Å². The van der Waals surface area contributed by atoms with Gasteiger partial charge in [-0.1, -0.05) is 19.1 Å². The molecule has 3 N–H and O–H groups in total. The predicted octanol–water partition coefficient (Wildman–Crippen LogP) is 3.77. The zero-order chi connectivity index (χ0) is 19.6. The van der Waals surface area contributed by atoms with Crippen molar-refractivity contribution in [3.05, 3.63) is 51.0 Å². The van der Waals surface area contributed by atoms with Crippen molar-refractivity contribution in [1.82, 2.24) is 20.9 Å². The maximum absolute atomic E-state index is 12.1. The highest BCUT2D eigenvalue weighted by atomic mass is 127. The molecule has 0 saturated carbocycles. The molecule has 28 heavy (non-hydrogen) atoms. The third-order valence-corrected chi connectivity index (χ3v) is 4.98.